The maximum atomic E-state index is 13.0. The predicted molar refractivity (Wildman–Crippen MR) is 60.8 cm³/mol. The van der Waals surface area contributed by atoms with Crippen LogP contribution in [-0.2, 0) is 11.2 Å². The summed E-state index contributed by atoms with van der Waals surface area (Å²) >= 11 is 0. The van der Waals surface area contributed by atoms with Gasteiger partial charge in [0.05, 0.1) is 5.52 Å². The summed E-state index contributed by atoms with van der Waals surface area (Å²) in [5, 5.41) is 0.798. The summed E-state index contributed by atoms with van der Waals surface area (Å²) in [6.45, 7) is 3.43. The molecular formula is C13H12FNO. The van der Waals surface area contributed by atoms with Crippen molar-refractivity contribution >= 4 is 16.7 Å². The molecule has 0 amide bonds. The van der Waals surface area contributed by atoms with Gasteiger partial charge in [-0.05, 0) is 43.7 Å². The summed E-state index contributed by atoms with van der Waals surface area (Å²) in [6, 6.07) is 6.33. The smallest absolute Gasteiger partial charge is 0.135 e. The summed E-state index contributed by atoms with van der Waals surface area (Å²) in [6.07, 6.45) is 0.328. The number of aromatic nitrogens is 1. The Balaban J connectivity index is 2.59. The summed E-state index contributed by atoms with van der Waals surface area (Å²) in [7, 11) is 0. The number of carbonyl (C=O) groups excluding carboxylic acids is 1. The highest BCUT2D eigenvalue weighted by Gasteiger charge is 2.05. The van der Waals surface area contributed by atoms with Gasteiger partial charge in [0, 0.05) is 17.5 Å². The first-order chi connectivity index (χ1) is 7.56. The molecule has 82 valence electrons. The second-order valence-electron chi connectivity index (χ2n) is 3.97. The third-order valence-corrected chi connectivity index (χ3v) is 2.46. The number of halogens is 1. The molecule has 0 aliphatic carbocycles. The minimum Gasteiger partial charge on any atom is -0.300 e. The molecule has 0 bridgehead atoms. The number of carbonyl (C=O) groups is 1. The second-order valence-corrected chi connectivity index (χ2v) is 3.97. The number of Topliss-reactive ketones (excluding diaryl/α,β-unsaturated/α-hetero) is 1. The topological polar surface area (TPSA) is 30.0 Å². The van der Waals surface area contributed by atoms with Crippen molar-refractivity contribution in [1.29, 1.82) is 0 Å². The van der Waals surface area contributed by atoms with E-state index in [2.05, 4.69) is 4.98 Å². The van der Waals surface area contributed by atoms with E-state index in [9.17, 15) is 9.18 Å². The molecule has 0 unspecified atom stereocenters. The second kappa shape index (κ2) is 4.00. The van der Waals surface area contributed by atoms with Crippen LogP contribution in [0.4, 0.5) is 4.39 Å². The molecule has 1 aromatic carbocycles. The summed E-state index contributed by atoms with van der Waals surface area (Å²) in [5.74, 6) is -0.190. The van der Waals surface area contributed by atoms with Gasteiger partial charge in [0.2, 0.25) is 0 Å². The van der Waals surface area contributed by atoms with Gasteiger partial charge in [-0.15, -0.1) is 0 Å². The Morgan fingerprint density at radius 3 is 2.81 bits per heavy atom. The summed E-state index contributed by atoms with van der Waals surface area (Å²) in [4.78, 5) is 15.3. The van der Waals surface area contributed by atoms with Crippen molar-refractivity contribution < 1.29 is 9.18 Å². The van der Waals surface area contributed by atoms with Gasteiger partial charge in [-0.3, -0.25) is 9.78 Å². The van der Waals surface area contributed by atoms with E-state index in [4.69, 9.17) is 0 Å². The zero-order valence-corrected chi connectivity index (χ0v) is 9.25. The number of fused-ring (bicyclic) bond motifs is 1. The van der Waals surface area contributed by atoms with Crippen molar-refractivity contribution in [3.63, 3.8) is 0 Å². The summed E-state index contributed by atoms with van der Waals surface area (Å²) < 4.78 is 13.0. The first-order valence-electron chi connectivity index (χ1n) is 5.11. The number of aryl methyl sites for hydroxylation is 1. The molecule has 0 radical (unpaired) electrons. The van der Waals surface area contributed by atoms with E-state index in [1.807, 2.05) is 13.0 Å². The quantitative estimate of drug-likeness (QED) is 0.774. The van der Waals surface area contributed by atoms with Crippen LogP contribution in [0.1, 0.15) is 18.2 Å². The van der Waals surface area contributed by atoms with Gasteiger partial charge in [-0.1, -0.05) is 0 Å². The van der Waals surface area contributed by atoms with E-state index in [0.29, 0.717) is 6.42 Å². The van der Waals surface area contributed by atoms with Crippen LogP contribution in [-0.4, -0.2) is 10.8 Å². The lowest BCUT2D eigenvalue weighted by Gasteiger charge is -2.05. The number of pyridine rings is 1. The van der Waals surface area contributed by atoms with E-state index >= 15 is 0 Å². The highest BCUT2D eigenvalue weighted by molar-refractivity contribution is 5.84. The minimum absolute atomic E-state index is 0.0772. The molecule has 3 heteroatoms. The third kappa shape index (κ3) is 2.08. The normalized spacial score (nSPS) is 10.7. The van der Waals surface area contributed by atoms with Gasteiger partial charge >= 0.3 is 0 Å². The molecule has 0 N–H and O–H groups in total. The maximum absolute atomic E-state index is 13.0. The standard InChI is InChI=1S/C13H12FNO/c1-8-5-11(6-9(2)16)15-13-4-3-10(14)7-12(8)13/h3-5,7H,6H2,1-2H3. The lowest BCUT2D eigenvalue weighted by atomic mass is 10.1. The molecule has 16 heavy (non-hydrogen) atoms. The van der Waals surface area contributed by atoms with Crippen LogP contribution in [0.3, 0.4) is 0 Å². The molecule has 2 nitrogen and oxygen atoms in total. The van der Waals surface area contributed by atoms with Crippen molar-refractivity contribution in [2.75, 3.05) is 0 Å². The molecule has 0 saturated carbocycles. The van der Waals surface area contributed by atoms with Crippen molar-refractivity contribution in [1.82, 2.24) is 4.98 Å². The molecular weight excluding hydrogens is 205 g/mol. The Morgan fingerprint density at radius 2 is 2.12 bits per heavy atom. The fourth-order valence-electron chi connectivity index (χ4n) is 1.78. The Labute approximate surface area is 93.1 Å². The van der Waals surface area contributed by atoms with Gasteiger partial charge in [-0.25, -0.2) is 4.39 Å². The van der Waals surface area contributed by atoms with Crippen molar-refractivity contribution in [2.45, 2.75) is 20.3 Å². The molecule has 1 heterocycles. The van der Waals surface area contributed by atoms with Gasteiger partial charge in [0.15, 0.2) is 0 Å². The summed E-state index contributed by atoms with van der Waals surface area (Å²) in [5.41, 5.74) is 2.42. The maximum Gasteiger partial charge on any atom is 0.135 e. The van der Waals surface area contributed by atoms with Gasteiger partial charge in [0.1, 0.15) is 11.6 Å². The zero-order valence-electron chi connectivity index (χ0n) is 9.25. The van der Waals surface area contributed by atoms with Crippen molar-refractivity contribution in [3.8, 4) is 0 Å². The van der Waals surface area contributed by atoms with Gasteiger partial charge < -0.3 is 0 Å². The predicted octanol–water partition coefficient (Wildman–Crippen LogP) is 2.81. The Hall–Kier alpha value is -1.77. The van der Waals surface area contributed by atoms with E-state index in [1.165, 1.54) is 19.1 Å². The molecule has 0 saturated heterocycles. The van der Waals surface area contributed by atoms with Crippen LogP contribution >= 0.6 is 0 Å². The Morgan fingerprint density at radius 1 is 1.38 bits per heavy atom. The molecule has 0 aliphatic heterocycles. The molecule has 2 aromatic rings. The van der Waals surface area contributed by atoms with Crippen molar-refractivity contribution in [3.05, 3.63) is 41.3 Å². The molecule has 1 aromatic heterocycles. The fourth-order valence-corrected chi connectivity index (χ4v) is 1.78. The van der Waals surface area contributed by atoms with E-state index in [1.54, 1.807) is 6.07 Å². The Bertz CT molecular complexity index is 563. The average Bonchev–Trinajstić information content (AvgIpc) is 2.18. The SMILES string of the molecule is CC(=O)Cc1cc(C)c2cc(F)ccc2n1. The lowest BCUT2D eigenvalue weighted by molar-refractivity contribution is -0.116. The average molecular weight is 217 g/mol. The first-order valence-corrected chi connectivity index (χ1v) is 5.11. The zero-order chi connectivity index (χ0) is 11.7. The monoisotopic (exact) mass is 217 g/mol. The van der Waals surface area contributed by atoms with Crippen LogP contribution in [0.25, 0.3) is 10.9 Å². The highest BCUT2D eigenvalue weighted by atomic mass is 19.1. The molecule has 0 spiro atoms. The van der Waals surface area contributed by atoms with E-state index in [0.717, 1.165) is 22.2 Å². The highest BCUT2D eigenvalue weighted by Crippen LogP contribution is 2.19. The number of nitrogens with zero attached hydrogens (tertiary/aromatic N) is 1. The van der Waals surface area contributed by atoms with Gasteiger partial charge in [0.25, 0.3) is 0 Å². The van der Waals surface area contributed by atoms with E-state index in [-0.39, 0.29) is 11.6 Å². The van der Waals surface area contributed by atoms with Crippen LogP contribution in [0.2, 0.25) is 0 Å². The number of hydrogen-bond acceptors (Lipinski definition) is 2. The molecule has 0 atom stereocenters. The van der Waals surface area contributed by atoms with Crippen LogP contribution in [0, 0.1) is 12.7 Å². The van der Waals surface area contributed by atoms with Gasteiger partial charge in [-0.2, -0.15) is 0 Å². The molecule has 2 rings (SSSR count). The van der Waals surface area contributed by atoms with E-state index < -0.39 is 0 Å². The van der Waals surface area contributed by atoms with Crippen molar-refractivity contribution in [2.24, 2.45) is 0 Å². The van der Waals surface area contributed by atoms with Crippen LogP contribution in [0.5, 0.6) is 0 Å². The van der Waals surface area contributed by atoms with Crippen LogP contribution < -0.4 is 0 Å². The number of benzene rings is 1. The first kappa shape index (κ1) is 10.7. The Kier molecular flexibility index (Phi) is 2.69. The fraction of sp³-hybridized carbons (Fsp3) is 0.231. The lowest BCUT2D eigenvalue weighted by Crippen LogP contribution is -2.00. The molecule has 0 fully saturated rings. The van der Waals surface area contributed by atoms with Crippen LogP contribution in [0.15, 0.2) is 24.3 Å². The number of ketones is 1. The molecule has 0 aliphatic rings. The largest absolute Gasteiger partial charge is 0.300 e. The minimum atomic E-state index is -0.267. The number of hydrogen-bond donors (Lipinski definition) is 0. The third-order valence-electron chi connectivity index (χ3n) is 2.46. The number of rotatable bonds is 2.